The maximum absolute atomic E-state index is 10.0. The van der Waals surface area contributed by atoms with Crippen molar-refractivity contribution >= 4 is 11.8 Å². The minimum Gasteiger partial charge on any atom is -0.394 e. The molecule has 0 aromatic rings. The minimum atomic E-state index is -1.26. The van der Waals surface area contributed by atoms with Gasteiger partial charge in [-0.05, 0) is 12.2 Å². The molecule has 1 aliphatic heterocycles. The summed E-state index contributed by atoms with van der Waals surface area (Å²) in [6.07, 6.45) is 17.0. The molecule has 0 amide bonds. The van der Waals surface area contributed by atoms with E-state index in [0.29, 0.717) is 0 Å². The number of aliphatic hydroxyl groups excluding tert-OH is 4. The quantitative estimate of drug-likeness (QED) is 0.213. The van der Waals surface area contributed by atoms with Crippen molar-refractivity contribution in [1.82, 2.24) is 0 Å². The van der Waals surface area contributed by atoms with Gasteiger partial charge < -0.3 is 25.2 Å². The highest BCUT2D eigenvalue weighted by molar-refractivity contribution is 7.99. The van der Waals surface area contributed by atoms with Crippen LogP contribution in [0, 0.1) is 0 Å². The highest BCUT2D eigenvalue weighted by Crippen LogP contribution is 2.29. The Morgan fingerprint density at radius 3 is 1.47 bits per heavy atom. The maximum Gasteiger partial charge on any atom is 0.132 e. The van der Waals surface area contributed by atoms with Gasteiger partial charge in [0.15, 0.2) is 0 Å². The van der Waals surface area contributed by atoms with Crippen molar-refractivity contribution in [3.05, 3.63) is 0 Å². The first-order valence-electron chi connectivity index (χ1n) is 12.5. The average molecular weight is 449 g/mol. The summed E-state index contributed by atoms with van der Waals surface area (Å²) >= 11 is 1.46. The third-order valence-corrected chi connectivity index (χ3v) is 7.37. The van der Waals surface area contributed by atoms with Crippen LogP contribution < -0.4 is 0 Å². The van der Waals surface area contributed by atoms with E-state index in [-0.39, 0.29) is 6.61 Å². The van der Waals surface area contributed by atoms with Crippen molar-refractivity contribution < 1.29 is 25.2 Å². The fourth-order valence-electron chi connectivity index (χ4n) is 4.05. The molecule has 4 N–H and O–H groups in total. The molecule has 0 spiro atoms. The van der Waals surface area contributed by atoms with Crippen LogP contribution in [-0.4, -0.2) is 62.6 Å². The molecule has 5 nitrogen and oxygen atoms in total. The van der Waals surface area contributed by atoms with E-state index in [2.05, 4.69) is 6.92 Å². The predicted octanol–water partition coefficient (Wildman–Crippen LogP) is 4.78. The molecule has 30 heavy (non-hydrogen) atoms. The Kier molecular flexibility index (Phi) is 17.6. The average Bonchev–Trinajstić information content (AvgIpc) is 2.75. The lowest BCUT2D eigenvalue weighted by molar-refractivity contribution is -0.205. The van der Waals surface area contributed by atoms with Gasteiger partial charge in [-0.2, -0.15) is 0 Å². The lowest BCUT2D eigenvalue weighted by Crippen LogP contribution is -2.57. The molecule has 0 aliphatic carbocycles. The highest BCUT2D eigenvalue weighted by Gasteiger charge is 2.43. The Balaban J connectivity index is 1.85. The first kappa shape index (κ1) is 28.2. The molecule has 0 aromatic heterocycles. The van der Waals surface area contributed by atoms with Gasteiger partial charge in [0.25, 0.3) is 0 Å². The fraction of sp³-hybridized carbons (Fsp3) is 1.00. The molecule has 1 fully saturated rings. The Hall–Kier alpha value is 0.150. The van der Waals surface area contributed by atoms with E-state index in [4.69, 9.17) is 4.74 Å². The molecule has 1 heterocycles. The summed E-state index contributed by atoms with van der Waals surface area (Å²) in [6.45, 7) is 1.91. The van der Waals surface area contributed by atoms with Crippen LogP contribution in [0.1, 0.15) is 110 Å². The second-order valence-corrected chi connectivity index (χ2v) is 10.1. The summed E-state index contributed by atoms with van der Waals surface area (Å²) < 4.78 is 5.51. The van der Waals surface area contributed by atoms with Crippen LogP contribution in [0.2, 0.25) is 0 Å². The summed E-state index contributed by atoms with van der Waals surface area (Å²) in [6, 6.07) is 0. The molecular formula is C24H48O5S. The van der Waals surface area contributed by atoms with Gasteiger partial charge in [0, 0.05) is 0 Å². The van der Waals surface area contributed by atoms with E-state index < -0.39 is 29.9 Å². The second kappa shape index (κ2) is 18.7. The third kappa shape index (κ3) is 12.3. The van der Waals surface area contributed by atoms with E-state index in [0.717, 1.165) is 12.2 Å². The number of thioether (sulfide) groups is 1. The van der Waals surface area contributed by atoms with Gasteiger partial charge in [-0.15, -0.1) is 11.8 Å². The van der Waals surface area contributed by atoms with Gasteiger partial charge >= 0.3 is 0 Å². The normalized spacial score (nSPS) is 26.9. The maximum atomic E-state index is 10.0. The third-order valence-electron chi connectivity index (χ3n) is 6.13. The van der Waals surface area contributed by atoms with E-state index in [1.807, 2.05) is 0 Å². The van der Waals surface area contributed by atoms with Crippen molar-refractivity contribution in [2.75, 3.05) is 12.4 Å². The number of hydrogen-bond donors (Lipinski definition) is 4. The van der Waals surface area contributed by atoms with Crippen LogP contribution in [0.5, 0.6) is 0 Å². The van der Waals surface area contributed by atoms with Crippen LogP contribution >= 0.6 is 11.8 Å². The van der Waals surface area contributed by atoms with Crippen molar-refractivity contribution in [3.63, 3.8) is 0 Å². The number of ether oxygens (including phenoxy) is 1. The van der Waals surface area contributed by atoms with Crippen LogP contribution in [-0.2, 0) is 4.74 Å². The van der Waals surface area contributed by atoms with Crippen LogP contribution in [0.15, 0.2) is 0 Å². The van der Waals surface area contributed by atoms with Crippen LogP contribution in [0.4, 0.5) is 0 Å². The van der Waals surface area contributed by atoms with Crippen molar-refractivity contribution in [1.29, 1.82) is 0 Å². The van der Waals surface area contributed by atoms with Crippen LogP contribution in [0.25, 0.3) is 0 Å². The molecule has 1 saturated heterocycles. The lowest BCUT2D eigenvalue weighted by Gasteiger charge is -2.39. The van der Waals surface area contributed by atoms with Crippen molar-refractivity contribution in [2.24, 2.45) is 0 Å². The minimum absolute atomic E-state index is 0.360. The molecule has 6 heteroatoms. The van der Waals surface area contributed by atoms with Gasteiger partial charge in [0.1, 0.15) is 29.9 Å². The van der Waals surface area contributed by atoms with Gasteiger partial charge in [0.2, 0.25) is 0 Å². The Bertz CT molecular complexity index is 383. The smallest absolute Gasteiger partial charge is 0.132 e. The summed E-state index contributed by atoms with van der Waals surface area (Å²) in [5, 5.41) is 38.8. The number of hydrogen-bond acceptors (Lipinski definition) is 6. The zero-order valence-electron chi connectivity index (χ0n) is 19.2. The molecule has 0 bridgehead atoms. The summed E-state index contributed by atoms with van der Waals surface area (Å²) in [5.41, 5.74) is -0.586. The number of rotatable bonds is 19. The monoisotopic (exact) mass is 448 g/mol. The first-order valence-corrected chi connectivity index (χ1v) is 13.6. The van der Waals surface area contributed by atoms with E-state index >= 15 is 0 Å². The summed E-state index contributed by atoms with van der Waals surface area (Å²) in [7, 11) is 0. The molecule has 1 unspecified atom stereocenters. The van der Waals surface area contributed by atoms with Crippen LogP contribution in [0.3, 0.4) is 0 Å². The fourth-order valence-corrected chi connectivity index (χ4v) is 5.24. The molecule has 180 valence electrons. The van der Waals surface area contributed by atoms with Crippen molar-refractivity contribution in [2.45, 2.75) is 140 Å². The first-order chi connectivity index (χ1) is 14.6. The molecule has 0 radical (unpaired) electrons. The summed E-state index contributed by atoms with van der Waals surface area (Å²) in [4.78, 5) is 0. The number of unbranched alkanes of at least 4 members (excludes halogenated alkanes) is 15. The van der Waals surface area contributed by atoms with E-state index in [1.165, 1.54) is 108 Å². The van der Waals surface area contributed by atoms with E-state index in [1.54, 1.807) is 0 Å². The standard InChI is InChI=1S/C24H48O5S/c1-2-3-4-5-6-7-8-9-10-11-12-13-14-15-16-17-18-30-24-23(28)22(27)21(26)20(19-25)29-24/h20-28H,2-19H2,1H3/t20-,21-,22+,23+,24?/m1/s1. The predicted molar refractivity (Wildman–Crippen MR) is 126 cm³/mol. The van der Waals surface area contributed by atoms with E-state index in [9.17, 15) is 20.4 Å². The highest BCUT2D eigenvalue weighted by atomic mass is 32.2. The van der Waals surface area contributed by atoms with Crippen molar-refractivity contribution in [3.8, 4) is 0 Å². The largest absolute Gasteiger partial charge is 0.394 e. The second-order valence-electron chi connectivity index (χ2n) is 8.87. The molecule has 0 saturated carbocycles. The number of aliphatic hydroxyl groups is 4. The SMILES string of the molecule is CCCCCCCCCCCCCCCCCCSC1O[C@H](CO)[C@@H](O)[C@H](O)[C@@H]1O. The molecular weight excluding hydrogens is 400 g/mol. The Morgan fingerprint density at radius 2 is 1.03 bits per heavy atom. The van der Waals surface area contributed by atoms with Gasteiger partial charge in [-0.3, -0.25) is 0 Å². The van der Waals surface area contributed by atoms with Gasteiger partial charge in [0.05, 0.1) is 6.61 Å². The Morgan fingerprint density at radius 1 is 0.600 bits per heavy atom. The zero-order chi connectivity index (χ0) is 22.0. The molecule has 1 aliphatic rings. The van der Waals surface area contributed by atoms with Gasteiger partial charge in [-0.25, -0.2) is 0 Å². The molecule has 5 atom stereocenters. The van der Waals surface area contributed by atoms with Gasteiger partial charge in [-0.1, -0.05) is 103 Å². The molecule has 1 rings (SSSR count). The summed E-state index contributed by atoms with van der Waals surface area (Å²) in [5.74, 6) is 0.848. The lowest BCUT2D eigenvalue weighted by atomic mass is 10.0. The topological polar surface area (TPSA) is 90.2 Å². The Labute approximate surface area is 189 Å². The molecule has 0 aromatic carbocycles. The zero-order valence-corrected chi connectivity index (χ0v) is 20.0.